The summed E-state index contributed by atoms with van der Waals surface area (Å²) in [6.07, 6.45) is 5.72. The number of unbranched alkanes of at least 4 members (excludes halogenated alkanes) is 1. The van der Waals surface area contributed by atoms with Crippen LogP contribution in [-0.2, 0) is 16.8 Å². The molecule has 0 amide bonds. The molecule has 2 aromatic rings. The number of hydrogen-bond acceptors (Lipinski definition) is 3. The van der Waals surface area contributed by atoms with Crippen molar-refractivity contribution in [2.24, 2.45) is 5.41 Å². The average molecular weight is 330 g/mol. The Morgan fingerprint density at radius 1 is 1.17 bits per heavy atom. The predicted octanol–water partition coefficient (Wildman–Crippen LogP) is 4.28. The Labute approximate surface area is 144 Å². The minimum Gasteiger partial charge on any atom is -0.386 e. The average Bonchev–Trinajstić information content (AvgIpc) is 2.79. The van der Waals surface area contributed by atoms with Gasteiger partial charge in [-0.3, -0.25) is 4.79 Å². The van der Waals surface area contributed by atoms with Crippen LogP contribution in [0.3, 0.4) is 0 Å². The SMILES string of the molecule is CC(C)(C)CC(=O)CCCCc1nn2ccccc2c1C(C)(C)O. The number of nitrogens with zero attached hydrogens (tertiary/aromatic N) is 2. The normalized spacial score (nSPS) is 12.8. The maximum Gasteiger partial charge on any atom is 0.133 e. The molecule has 0 saturated carbocycles. The van der Waals surface area contributed by atoms with Gasteiger partial charge in [0, 0.05) is 24.6 Å². The number of carbonyl (C=O) groups is 1. The molecule has 2 aromatic heterocycles. The van der Waals surface area contributed by atoms with Gasteiger partial charge in [0.15, 0.2) is 0 Å². The van der Waals surface area contributed by atoms with Crippen molar-refractivity contribution in [1.82, 2.24) is 9.61 Å². The van der Waals surface area contributed by atoms with Gasteiger partial charge in [-0.1, -0.05) is 26.8 Å². The van der Waals surface area contributed by atoms with E-state index >= 15 is 0 Å². The molecule has 0 radical (unpaired) electrons. The van der Waals surface area contributed by atoms with Gasteiger partial charge < -0.3 is 5.11 Å². The smallest absolute Gasteiger partial charge is 0.133 e. The molecule has 0 aromatic carbocycles. The number of aryl methyl sites for hydroxylation is 1. The van der Waals surface area contributed by atoms with Crippen LogP contribution < -0.4 is 0 Å². The third-order valence-electron chi connectivity index (χ3n) is 4.07. The summed E-state index contributed by atoms with van der Waals surface area (Å²) in [5.41, 5.74) is 1.90. The highest BCUT2D eigenvalue weighted by molar-refractivity contribution is 5.78. The minimum absolute atomic E-state index is 0.0623. The molecule has 0 aliphatic carbocycles. The van der Waals surface area contributed by atoms with E-state index in [-0.39, 0.29) is 5.41 Å². The van der Waals surface area contributed by atoms with Gasteiger partial charge in [0.05, 0.1) is 16.8 Å². The van der Waals surface area contributed by atoms with Crippen LogP contribution in [-0.4, -0.2) is 20.5 Å². The third-order valence-corrected chi connectivity index (χ3v) is 4.07. The van der Waals surface area contributed by atoms with Crippen LogP contribution in [0.1, 0.15) is 71.6 Å². The Hall–Kier alpha value is -1.68. The summed E-state index contributed by atoms with van der Waals surface area (Å²) in [7, 11) is 0. The number of rotatable bonds is 7. The zero-order chi connectivity index (χ0) is 18.0. The summed E-state index contributed by atoms with van der Waals surface area (Å²) >= 11 is 0. The number of pyridine rings is 1. The van der Waals surface area contributed by atoms with Crippen molar-refractivity contribution < 1.29 is 9.90 Å². The largest absolute Gasteiger partial charge is 0.386 e. The van der Waals surface area contributed by atoms with E-state index in [1.807, 2.05) is 28.9 Å². The fourth-order valence-electron chi connectivity index (χ4n) is 3.18. The molecular formula is C20H30N2O2. The quantitative estimate of drug-likeness (QED) is 0.771. The van der Waals surface area contributed by atoms with Gasteiger partial charge in [0.25, 0.3) is 0 Å². The lowest BCUT2D eigenvalue weighted by atomic mass is 9.88. The van der Waals surface area contributed by atoms with Crippen molar-refractivity contribution in [1.29, 1.82) is 0 Å². The van der Waals surface area contributed by atoms with Crippen molar-refractivity contribution in [3.05, 3.63) is 35.7 Å². The fraction of sp³-hybridized carbons (Fsp3) is 0.600. The first-order chi connectivity index (χ1) is 11.1. The van der Waals surface area contributed by atoms with Gasteiger partial charge >= 0.3 is 0 Å². The molecule has 0 fully saturated rings. The van der Waals surface area contributed by atoms with E-state index in [0.717, 1.165) is 36.0 Å². The topological polar surface area (TPSA) is 54.6 Å². The van der Waals surface area contributed by atoms with E-state index < -0.39 is 5.60 Å². The van der Waals surface area contributed by atoms with Crippen molar-refractivity contribution in [3.63, 3.8) is 0 Å². The molecule has 4 nitrogen and oxygen atoms in total. The second-order valence-electron chi connectivity index (χ2n) is 8.39. The van der Waals surface area contributed by atoms with Crippen LogP contribution in [0.15, 0.2) is 24.4 Å². The van der Waals surface area contributed by atoms with E-state index in [9.17, 15) is 9.90 Å². The Kier molecular flexibility index (Phi) is 5.49. The molecule has 0 unspecified atom stereocenters. The Morgan fingerprint density at radius 3 is 2.50 bits per heavy atom. The molecule has 0 saturated heterocycles. The van der Waals surface area contributed by atoms with E-state index in [2.05, 4.69) is 25.9 Å². The first-order valence-electron chi connectivity index (χ1n) is 8.79. The van der Waals surface area contributed by atoms with Crippen molar-refractivity contribution >= 4 is 11.3 Å². The Morgan fingerprint density at radius 2 is 1.88 bits per heavy atom. The highest BCUT2D eigenvalue weighted by atomic mass is 16.3. The fourth-order valence-corrected chi connectivity index (χ4v) is 3.18. The second kappa shape index (κ2) is 7.06. The van der Waals surface area contributed by atoms with Gasteiger partial charge in [0.2, 0.25) is 0 Å². The summed E-state index contributed by atoms with van der Waals surface area (Å²) in [4.78, 5) is 12.0. The number of fused-ring (bicyclic) bond motifs is 1. The summed E-state index contributed by atoms with van der Waals surface area (Å²) in [6.45, 7) is 9.88. The van der Waals surface area contributed by atoms with Crippen LogP contribution >= 0.6 is 0 Å². The number of carbonyl (C=O) groups excluding carboxylic acids is 1. The molecular weight excluding hydrogens is 300 g/mol. The minimum atomic E-state index is -0.930. The molecule has 1 N–H and O–H groups in total. The van der Waals surface area contributed by atoms with Gasteiger partial charge in [-0.25, -0.2) is 4.52 Å². The molecule has 0 bridgehead atoms. The lowest BCUT2D eigenvalue weighted by Gasteiger charge is -2.18. The highest BCUT2D eigenvalue weighted by Crippen LogP contribution is 2.29. The molecule has 0 aliphatic rings. The molecule has 2 rings (SSSR count). The number of ketones is 1. The van der Waals surface area contributed by atoms with Gasteiger partial charge in [-0.2, -0.15) is 5.10 Å². The van der Waals surface area contributed by atoms with Crippen molar-refractivity contribution in [2.75, 3.05) is 0 Å². The molecule has 132 valence electrons. The highest BCUT2D eigenvalue weighted by Gasteiger charge is 2.25. The zero-order valence-corrected chi connectivity index (χ0v) is 15.6. The summed E-state index contributed by atoms with van der Waals surface area (Å²) in [5, 5.41) is 15.1. The standard InChI is InChI=1S/C20H30N2O2/c1-19(2,3)14-15(23)10-6-7-11-16-18(20(4,5)24)17-12-8-9-13-22(17)21-16/h8-9,12-13,24H,6-7,10-11,14H2,1-5H3. The number of hydrogen-bond donors (Lipinski definition) is 1. The lowest BCUT2D eigenvalue weighted by molar-refractivity contribution is -0.120. The van der Waals surface area contributed by atoms with Crippen LogP contribution in [0.25, 0.3) is 5.52 Å². The number of aliphatic hydroxyl groups is 1. The zero-order valence-electron chi connectivity index (χ0n) is 15.6. The lowest BCUT2D eigenvalue weighted by Crippen LogP contribution is -2.17. The van der Waals surface area contributed by atoms with E-state index in [1.54, 1.807) is 13.8 Å². The second-order valence-corrected chi connectivity index (χ2v) is 8.39. The van der Waals surface area contributed by atoms with Crippen LogP contribution in [0.2, 0.25) is 0 Å². The predicted molar refractivity (Wildman–Crippen MR) is 97.1 cm³/mol. The molecule has 0 atom stereocenters. The molecule has 4 heteroatoms. The summed E-state index contributed by atoms with van der Waals surface area (Å²) < 4.78 is 1.83. The molecule has 2 heterocycles. The van der Waals surface area contributed by atoms with Crippen LogP contribution in [0.5, 0.6) is 0 Å². The van der Waals surface area contributed by atoms with Crippen LogP contribution in [0.4, 0.5) is 0 Å². The molecule has 24 heavy (non-hydrogen) atoms. The Bertz CT molecular complexity index is 702. The first kappa shape index (κ1) is 18.7. The van der Waals surface area contributed by atoms with Gasteiger partial charge in [0.1, 0.15) is 5.78 Å². The monoisotopic (exact) mass is 330 g/mol. The van der Waals surface area contributed by atoms with Gasteiger partial charge in [-0.15, -0.1) is 0 Å². The Balaban J connectivity index is 2.02. The maximum absolute atomic E-state index is 12.0. The molecule has 0 spiro atoms. The van der Waals surface area contributed by atoms with Crippen LogP contribution in [0, 0.1) is 5.41 Å². The number of Topliss-reactive ketones (excluding diaryl/α,β-unsaturated/α-hetero) is 1. The van der Waals surface area contributed by atoms with E-state index in [4.69, 9.17) is 0 Å². The number of aromatic nitrogens is 2. The molecule has 0 aliphatic heterocycles. The first-order valence-corrected chi connectivity index (χ1v) is 8.79. The summed E-state index contributed by atoms with van der Waals surface area (Å²) in [6, 6.07) is 5.88. The van der Waals surface area contributed by atoms with E-state index in [1.165, 1.54) is 0 Å². The van der Waals surface area contributed by atoms with E-state index in [0.29, 0.717) is 18.6 Å². The van der Waals surface area contributed by atoms with Crippen molar-refractivity contribution in [2.45, 2.75) is 72.3 Å². The van der Waals surface area contributed by atoms with Gasteiger partial charge in [-0.05, 0) is 50.7 Å². The third kappa shape index (κ3) is 4.91. The summed E-state index contributed by atoms with van der Waals surface area (Å²) in [5.74, 6) is 0.334. The maximum atomic E-state index is 12.0. The van der Waals surface area contributed by atoms with Crippen molar-refractivity contribution in [3.8, 4) is 0 Å².